The van der Waals surface area contributed by atoms with E-state index >= 15 is 0 Å². The third kappa shape index (κ3) is 3.88. The fraction of sp³-hybridized carbons (Fsp3) is 1.00. The SMILES string of the molecule is NC(COC1CCCCO1)C(O)CF. The molecule has 3 atom stereocenters. The number of nitrogens with two attached hydrogens (primary N) is 1. The van der Waals surface area contributed by atoms with Crippen molar-refractivity contribution >= 4 is 0 Å². The van der Waals surface area contributed by atoms with Crippen LogP contribution in [0.5, 0.6) is 0 Å². The zero-order valence-electron chi connectivity index (χ0n) is 8.19. The van der Waals surface area contributed by atoms with E-state index in [9.17, 15) is 4.39 Å². The first kappa shape index (κ1) is 11.8. The second-order valence-electron chi connectivity index (χ2n) is 3.51. The average molecular weight is 207 g/mol. The minimum absolute atomic E-state index is 0.135. The molecule has 14 heavy (non-hydrogen) atoms. The van der Waals surface area contributed by atoms with Gasteiger partial charge in [0, 0.05) is 6.61 Å². The summed E-state index contributed by atoms with van der Waals surface area (Å²) in [6.07, 6.45) is 1.60. The van der Waals surface area contributed by atoms with Crippen molar-refractivity contribution in [3.63, 3.8) is 0 Å². The normalized spacial score (nSPS) is 27.2. The quantitative estimate of drug-likeness (QED) is 0.675. The zero-order chi connectivity index (χ0) is 10.4. The van der Waals surface area contributed by atoms with Crippen LogP contribution in [0.1, 0.15) is 19.3 Å². The van der Waals surface area contributed by atoms with Crippen LogP contribution in [0.4, 0.5) is 4.39 Å². The van der Waals surface area contributed by atoms with Gasteiger partial charge in [0.2, 0.25) is 0 Å². The molecular weight excluding hydrogens is 189 g/mol. The van der Waals surface area contributed by atoms with Crippen molar-refractivity contribution in [2.75, 3.05) is 19.9 Å². The summed E-state index contributed by atoms with van der Waals surface area (Å²) in [5.74, 6) is 0. The Morgan fingerprint density at radius 1 is 1.57 bits per heavy atom. The maximum absolute atomic E-state index is 12.0. The second kappa shape index (κ2) is 6.29. The molecular formula is C9H18FNO3. The third-order valence-corrected chi connectivity index (χ3v) is 2.26. The fourth-order valence-electron chi connectivity index (χ4n) is 1.29. The van der Waals surface area contributed by atoms with Gasteiger partial charge in [0.1, 0.15) is 6.67 Å². The maximum atomic E-state index is 12.0. The topological polar surface area (TPSA) is 64.7 Å². The Balaban J connectivity index is 2.12. The van der Waals surface area contributed by atoms with Crippen molar-refractivity contribution in [1.82, 2.24) is 0 Å². The minimum atomic E-state index is -1.14. The van der Waals surface area contributed by atoms with Crippen molar-refractivity contribution < 1.29 is 19.0 Å². The molecule has 3 unspecified atom stereocenters. The van der Waals surface area contributed by atoms with Crippen LogP contribution in [-0.4, -0.2) is 43.4 Å². The fourth-order valence-corrected chi connectivity index (χ4v) is 1.29. The smallest absolute Gasteiger partial charge is 0.157 e. The standard InChI is InChI=1S/C9H18FNO3/c10-5-8(12)7(11)6-14-9-3-1-2-4-13-9/h7-9,12H,1-6,11H2. The summed E-state index contributed by atoms with van der Waals surface area (Å²) in [6.45, 7) is -0.00261. The predicted octanol–water partition coefficient (Wildman–Crippen LogP) is 0.187. The van der Waals surface area contributed by atoms with Crippen LogP contribution >= 0.6 is 0 Å². The number of hydrogen-bond donors (Lipinski definition) is 2. The molecule has 1 aliphatic heterocycles. The molecule has 4 nitrogen and oxygen atoms in total. The molecule has 5 heteroatoms. The maximum Gasteiger partial charge on any atom is 0.157 e. The second-order valence-corrected chi connectivity index (χ2v) is 3.51. The molecule has 0 bridgehead atoms. The predicted molar refractivity (Wildman–Crippen MR) is 49.5 cm³/mol. The summed E-state index contributed by atoms with van der Waals surface area (Å²) < 4.78 is 22.6. The first-order valence-electron chi connectivity index (χ1n) is 4.97. The Morgan fingerprint density at radius 3 is 2.93 bits per heavy atom. The van der Waals surface area contributed by atoms with Gasteiger partial charge in [-0.2, -0.15) is 0 Å². The number of aliphatic hydroxyl groups is 1. The van der Waals surface area contributed by atoms with E-state index in [1.54, 1.807) is 0 Å². The molecule has 0 spiro atoms. The summed E-state index contributed by atoms with van der Waals surface area (Å²) in [4.78, 5) is 0. The summed E-state index contributed by atoms with van der Waals surface area (Å²) in [7, 11) is 0. The van der Waals surface area contributed by atoms with E-state index in [0.717, 1.165) is 19.3 Å². The highest BCUT2D eigenvalue weighted by Gasteiger charge is 2.19. The molecule has 3 N–H and O–H groups in total. The van der Waals surface area contributed by atoms with Crippen LogP contribution in [0.25, 0.3) is 0 Å². The molecule has 0 radical (unpaired) electrons. The van der Waals surface area contributed by atoms with Crippen molar-refractivity contribution in [3.8, 4) is 0 Å². The first-order valence-corrected chi connectivity index (χ1v) is 4.97. The van der Waals surface area contributed by atoms with Gasteiger partial charge >= 0.3 is 0 Å². The molecule has 0 aliphatic carbocycles. The van der Waals surface area contributed by atoms with Gasteiger partial charge in [0.25, 0.3) is 0 Å². The van der Waals surface area contributed by atoms with Crippen LogP contribution < -0.4 is 5.73 Å². The lowest BCUT2D eigenvalue weighted by molar-refractivity contribution is -0.168. The lowest BCUT2D eigenvalue weighted by Gasteiger charge is -2.25. The van der Waals surface area contributed by atoms with Crippen LogP contribution in [-0.2, 0) is 9.47 Å². The minimum Gasteiger partial charge on any atom is -0.389 e. The highest BCUT2D eigenvalue weighted by Crippen LogP contribution is 2.13. The molecule has 1 heterocycles. The van der Waals surface area contributed by atoms with E-state index in [0.29, 0.717) is 6.61 Å². The Bertz CT molecular complexity index is 151. The van der Waals surface area contributed by atoms with Gasteiger partial charge in [-0.15, -0.1) is 0 Å². The van der Waals surface area contributed by atoms with Crippen LogP contribution in [0, 0.1) is 0 Å². The van der Waals surface area contributed by atoms with Crippen molar-refractivity contribution in [3.05, 3.63) is 0 Å². The monoisotopic (exact) mass is 207 g/mol. The highest BCUT2D eigenvalue weighted by atomic mass is 19.1. The molecule has 0 saturated carbocycles. The summed E-state index contributed by atoms with van der Waals surface area (Å²) in [5, 5.41) is 9.04. The summed E-state index contributed by atoms with van der Waals surface area (Å²) in [5.41, 5.74) is 5.47. The van der Waals surface area contributed by atoms with E-state index in [1.165, 1.54) is 0 Å². The highest BCUT2D eigenvalue weighted by molar-refractivity contribution is 4.70. The Hall–Kier alpha value is -0.230. The molecule has 0 aromatic carbocycles. The Morgan fingerprint density at radius 2 is 2.36 bits per heavy atom. The van der Waals surface area contributed by atoms with E-state index in [4.69, 9.17) is 20.3 Å². The largest absolute Gasteiger partial charge is 0.389 e. The van der Waals surface area contributed by atoms with Gasteiger partial charge in [0.15, 0.2) is 6.29 Å². The number of hydrogen-bond acceptors (Lipinski definition) is 4. The third-order valence-electron chi connectivity index (χ3n) is 2.26. The molecule has 1 aliphatic rings. The summed E-state index contributed by atoms with van der Waals surface area (Å²) in [6, 6.07) is -0.675. The number of rotatable bonds is 5. The van der Waals surface area contributed by atoms with Gasteiger partial charge in [-0.3, -0.25) is 0 Å². The lowest BCUT2D eigenvalue weighted by Crippen LogP contribution is -2.41. The zero-order valence-corrected chi connectivity index (χ0v) is 8.19. The Labute approximate surface area is 83.2 Å². The number of alkyl halides is 1. The molecule has 1 saturated heterocycles. The summed E-state index contributed by atoms with van der Waals surface area (Å²) >= 11 is 0. The van der Waals surface area contributed by atoms with E-state index in [2.05, 4.69) is 0 Å². The number of aliphatic hydroxyl groups excluding tert-OH is 1. The van der Waals surface area contributed by atoms with E-state index in [-0.39, 0.29) is 12.9 Å². The molecule has 0 amide bonds. The van der Waals surface area contributed by atoms with Crippen molar-refractivity contribution in [1.29, 1.82) is 0 Å². The van der Waals surface area contributed by atoms with Crippen molar-refractivity contribution in [2.24, 2.45) is 5.73 Å². The molecule has 0 aromatic heterocycles. The van der Waals surface area contributed by atoms with E-state index in [1.807, 2.05) is 0 Å². The van der Waals surface area contributed by atoms with Crippen molar-refractivity contribution in [2.45, 2.75) is 37.7 Å². The van der Waals surface area contributed by atoms with Gasteiger partial charge in [-0.05, 0) is 19.3 Å². The molecule has 1 rings (SSSR count). The average Bonchev–Trinajstić information content (AvgIpc) is 2.26. The first-order chi connectivity index (χ1) is 6.74. The van der Waals surface area contributed by atoms with Gasteiger partial charge in [0.05, 0.1) is 18.8 Å². The van der Waals surface area contributed by atoms with Crippen LogP contribution in [0.3, 0.4) is 0 Å². The van der Waals surface area contributed by atoms with Gasteiger partial charge < -0.3 is 20.3 Å². The van der Waals surface area contributed by atoms with Gasteiger partial charge in [-0.1, -0.05) is 0 Å². The van der Waals surface area contributed by atoms with Crippen LogP contribution in [0.15, 0.2) is 0 Å². The Kier molecular flexibility index (Phi) is 5.32. The van der Waals surface area contributed by atoms with Gasteiger partial charge in [-0.25, -0.2) is 4.39 Å². The number of ether oxygens (including phenoxy) is 2. The van der Waals surface area contributed by atoms with E-state index < -0.39 is 18.8 Å². The van der Waals surface area contributed by atoms with Crippen LogP contribution in [0.2, 0.25) is 0 Å². The molecule has 84 valence electrons. The molecule has 1 fully saturated rings. The molecule has 0 aromatic rings. The lowest BCUT2D eigenvalue weighted by atomic mass is 10.2. The number of halogens is 1.